The van der Waals surface area contributed by atoms with Gasteiger partial charge in [0.1, 0.15) is 18.3 Å². The maximum atomic E-state index is 12.3. The number of hydrogen-bond donors (Lipinski definition) is 5. The highest BCUT2D eigenvalue weighted by atomic mass is 32.5. The molecule has 5 atom stereocenters. The summed E-state index contributed by atoms with van der Waals surface area (Å²) >= 11 is 4.20. The Morgan fingerprint density at radius 2 is 2.03 bits per heavy atom. The van der Waals surface area contributed by atoms with E-state index in [4.69, 9.17) is 34.3 Å². The van der Waals surface area contributed by atoms with Crippen molar-refractivity contribution in [2.45, 2.75) is 44.2 Å². The summed E-state index contributed by atoms with van der Waals surface area (Å²) in [6.45, 7) is -1.61. The Bertz CT molecular complexity index is 1210. The lowest BCUT2D eigenvalue weighted by Crippen LogP contribution is -2.46. The summed E-state index contributed by atoms with van der Waals surface area (Å²) in [5.41, 5.74) is 5.71. The number of nitrogens with one attached hydrogen (secondary N) is 1. The van der Waals surface area contributed by atoms with Gasteiger partial charge in [-0.05, 0) is 25.7 Å². The maximum absolute atomic E-state index is 12.3. The van der Waals surface area contributed by atoms with Gasteiger partial charge in [-0.3, -0.25) is 18.9 Å². The van der Waals surface area contributed by atoms with E-state index < -0.39 is 57.0 Å². The molecule has 32 heavy (non-hydrogen) atoms. The van der Waals surface area contributed by atoms with Crippen LogP contribution in [0, 0.1) is 0 Å². The Morgan fingerprint density at radius 3 is 2.69 bits per heavy atom. The van der Waals surface area contributed by atoms with E-state index in [1.54, 1.807) is 31.8 Å². The Hall–Kier alpha value is -1.29. The van der Waals surface area contributed by atoms with Crippen molar-refractivity contribution in [1.29, 1.82) is 0 Å². The molecule has 18 heteroatoms. The average molecular weight is 514 g/mol. The molecule has 178 valence electrons. The molecule has 0 aliphatic carbocycles. The van der Waals surface area contributed by atoms with Gasteiger partial charge in [-0.25, -0.2) is 13.4 Å². The molecule has 0 saturated carbocycles. The summed E-state index contributed by atoms with van der Waals surface area (Å²) in [5, 5.41) is 0. The number of rotatable bonds is 6. The standard InChI is InChI=1S/C14H21N5O10P2S/c1-14(2)27-8-6(4-25-30(21,22)29-31(23,24)32)26-12(9(8)28-14)19-5-18(3)7-10(19)16-13(15)17-11(7)20/h5-6,8-9,12H,4H2,1-3H3,(H5-,15,16,17,20,21,22,23,24,32)/p+1/t6-,8-,9-,12-/m1/s1. The zero-order valence-corrected chi connectivity index (χ0v) is 19.6. The van der Waals surface area contributed by atoms with E-state index in [1.165, 1.54) is 4.57 Å². The van der Waals surface area contributed by atoms with Crippen LogP contribution in [0.15, 0.2) is 11.1 Å². The first-order chi connectivity index (χ1) is 14.7. The molecule has 2 saturated heterocycles. The van der Waals surface area contributed by atoms with Crippen molar-refractivity contribution in [2.75, 3.05) is 12.3 Å². The van der Waals surface area contributed by atoms with E-state index in [1.807, 2.05) is 0 Å². The summed E-state index contributed by atoms with van der Waals surface area (Å²) in [5.74, 6) is -1.11. The highest BCUT2D eigenvalue weighted by Gasteiger charge is 2.58. The first-order valence-electron chi connectivity index (χ1n) is 9.17. The van der Waals surface area contributed by atoms with E-state index >= 15 is 0 Å². The van der Waals surface area contributed by atoms with E-state index in [0.29, 0.717) is 0 Å². The lowest BCUT2D eigenvalue weighted by molar-refractivity contribution is -0.746. The largest absolute Gasteiger partial charge is 0.479 e. The Kier molecular flexibility index (Phi) is 5.88. The number of aromatic amines is 1. The topological polar surface area (TPSA) is 204 Å². The van der Waals surface area contributed by atoms with Crippen LogP contribution in [0.25, 0.3) is 11.2 Å². The van der Waals surface area contributed by atoms with Gasteiger partial charge in [0, 0.05) is 0 Å². The fraction of sp³-hybridized carbons (Fsp3) is 0.643. The van der Waals surface area contributed by atoms with Crippen molar-refractivity contribution < 1.29 is 46.9 Å². The SMILES string of the molecule is Cn1c[n+]([C@@H]2O[C@H](COP(=O)(O)OP(O)(O)=S)[C@H]3OC(C)(C)O[C@H]32)c2nc(N)[nH]c(=O)c21. The average Bonchev–Trinajstić information content (AvgIpc) is 3.19. The van der Waals surface area contributed by atoms with Gasteiger partial charge in [0.15, 0.2) is 12.1 Å². The molecule has 0 aromatic carbocycles. The normalized spacial score (nSPS) is 29.3. The van der Waals surface area contributed by atoms with Crippen LogP contribution >= 0.6 is 14.5 Å². The fourth-order valence-electron chi connectivity index (χ4n) is 3.80. The molecule has 0 radical (unpaired) electrons. The molecule has 15 nitrogen and oxygen atoms in total. The fourth-order valence-corrected chi connectivity index (χ4v) is 6.16. The number of ether oxygens (including phenoxy) is 3. The van der Waals surface area contributed by atoms with Gasteiger partial charge in [0.2, 0.25) is 11.7 Å². The zero-order chi connectivity index (χ0) is 23.6. The number of hydrogen-bond acceptors (Lipinski definition) is 10. The Balaban J connectivity index is 1.65. The van der Waals surface area contributed by atoms with Gasteiger partial charge in [-0.15, -0.1) is 0 Å². The lowest BCUT2D eigenvalue weighted by Gasteiger charge is -2.24. The number of anilines is 1. The van der Waals surface area contributed by atoms with Gasteiger partial charge >= 0.3 is 20.2 Å². The first kappa shape index (κ1) is 23.9. The molecule has 2 aliphatic heterocycles. The number of phosphoric ester groups is 1. The van der Waals surface area contributed by atoms with E-state index in [0.717, 1.165) is 0 Å². The van der Waals surface area contributed by atoms with Gasteiger partial charge in [-0.1, -0.05) is 4.98 Å². The highest BCUT2D eigenvalue weighted by molar-refractivity contribution is 8.08. The second-order valence-electron chi connectivity index (χ2n) is 7.72. The maximum Gasteiger partial charge on any atom is 0.479 e. The lowest BCUT2D eigenvalue weighted by atomic mass is 10.1. The Labute approximate surface area is 185 Å². The number of nitrogen functional groups attached to an aromatic ring is 1. The van der Waals surface area contributed by atoms with E-state index in [2.05, 4.69) is 26.1 Å². The Morgan fingerprint density at radius 1 is 1.38 bits per heavy atom. The number of imidazole rings is 1. The number of nitrogens with two attached hydrogens (primary N) is 1. The van der Waals surface area contributed by atoms with Crippen molar-refractivity contribution in [1.82, 2.24) is 14.5 Å². The third-order valence-corrected chi connectivity index (χ3v) is 7.55. The number of phosphoric acid groups is 1. The predicted octanol–water partition coefficient (Wildman–Crippen LogP) is -1.11. The minimum absolute atomic E-state index is 0.0945. The van der Waals surface area contributed by atoms with Crippen LogP contribution in [0.3, 0.4) is 0 Å². The van der Waals surface area contributed by atoms with Gasteiger partial charge < -0.3 is 34.6 Å². The summed E-state index contributed by atoms with van der Waals surface area (Å²) in [6, 6.07) is 0. The van der Waals surface area contributed by atoms with E-state index in [9.17, 15) is 14.3 Å². The second kappa shape index (κ2) is 7.89. The predicted molar refractivity (Wildman–Crippen MR) is 109 cm³/mol. The number of H-pyrrole nitrogens is 1. The monoisotopic (exact) mass is 514 g/mol. The number of fused-ring (bicyclic) bond motifs is 2. The highest BCUT2D eigenvalue weighted by Crippen LogP contribution is 2.58. The minimum Gasteiger partial charge on any atom is -0.355 e. The first-order valence-corrected chi connectivity index (χ1v) is 13.3. The molecule has 2 aliphatic rings. The molecule has 4 rings (SSSR count). The van der Waals surface area contributed by atoms with Crippen molar-refractivity contribution in [2.24, 2.45) is 7.05 Å². The van der Waals surface area contributed by atoms with Crippen LogP contribution in [-0.4, -0.2) is 59.9 Å². The molecule has 6 N–H and O–H groups in total. The van der Waals surface area contributed by atoms with Crippen LogP contribution in [-0.2, 0) is 46.5 Å². The quantitative estimate of drug-likeness (QED) is 0.229. The molecular formula is C14H22N5O10P2S+. The number of aryl methyl sites for hydroxylation is 1. The zero-order valence-electron chi connectivity index (χ0n) is 17.0. The summed E-state index contributed by atoms with van der Waals surface area (Å²) in [7, 11) is -3.25. The van der Waals surface area contributed by atoms with Crippen LogP contribution in [0.5, 0.6) is 0 Å². The van der Waals surface area contributed by atoms with Crippen molar-refractivity contribution in [3.63, 3.8) is 0 Å². The molecular weight excluding hydrogens is 492 g/mol. The number of aromatic nitrogens is 4. The summed E-state index contributed by atoms with van der Waals surface area (Å²) in [4.78, 5) is 46.9. The van der Waals surface area contributed by atoms with Crippen LogP contribution in [0.1, 0.15) is 20.1 Å². The van der Waals surface area contributed by atoms with Crippen LogP contribution in [0.2, 0.25) is 0 Å². The van der Waals surface area contributed by atoms with Crippen LogP contribution in [0.4, 0.5) is 5.95 Å². The van der Waals surface area contributed by atoms with Crippen molar-refractivity contribution >= 4 is 43.5 Å². The van der Waals surface area contributed by atoms with Crippen molar-refractivity contribution in [3.05, 3.63) is 16.7 Å². The molecule has 0 bridgehead atoms. The molecule has 0 spiro atoms. The molecule has 0 amide bonds. The smallest absolute Gasteiger partial charge is 0.355 e. The van der Waals surface area contributed by atoms with Crippen molar-refractivity contribution in [3.8, 4) is 0 Å². The van der Waals surface area contributed by atoms with Gasteiger partial charge in [-0.2, -0.15) is 0 Å². The molecule has 1 unspecified atom stereocenters. The third-order valence-electron chi connectivity index (χ3n) is 4.80. The van der Waals surface area contributed by atoms with Gasteiger partial charge in [0.25, 0.3) is 11.5 Å². The summed E-state index contributed by atoms with van der Waals surface area (Å²) in [6.07, 6.45) is -1.69. The second-order valence-corrected chi connectivity index (χ2v) is 12.0. The minimum atomic E-state index is -4.89. The summed E-state index contributed by atoms with van der Waals surface area (Å²) < 4.78 is 41.9. The molecule has 2 fully saturated rings. The molecule has 4 heterocycles. The van der Waals surface area contributed by atoms with Gasteiger partial charge in [0.05, 0.1) is 13.7 Å². The number of nitrogens with zero attached hydrogens (tertiary/aromatic N) is 3. The molecule has 2 aromatic rings. The van der Waals surface area contributed by atoms with E-state index in [-0.39, 0.29) is 17.1 Å². The third kappa shape index (κ3) is 4.67. The molecule has 2 aromatic heterocycles. The van der Waals surface area contributed by atoms with Crippen LogP contribution < -0.4 is 15.9 Å².